The van der Waals surface area contributed by atoms with Crippen molar-refractivity contribution in [3.8, 4) is 11.6 Å². The van der Waals surface area contributed by atoms with Crippen LogP contribution in [0.25, 0.3) is 0 Å². The summed E-state index contributed by atoms with van der Waals surface area (Å²) in [5, 5.41) is 9.15. The van der Waals surface area contributed by atoms with E-state index in [-0.39, 0.29) is 12.4 Å². The van der Waals surface area contributed by atoms with E-state index in [0.29, 0.717) is 11.6 Å². The second kappa shape index (κ2) is 5.60. The number of benzene rings is 1. The molecule has 0 radical (unpaired) electrons. The van der Waals surface area contributed by atoms with Crippen molar-refractivity contribution in [2.75, 3.05) is 0 Å². The molecule has 94 valence electrons. The molecule has 0 aliphatic carbocycles. The summed E-state index contributed by atoms with van der Waals surface area (Å²) >= 11 is 0. The van der Waals surface area contributed by atoms with E-state index in [1.807, 2.05) is 13.0 Å². The number of hydrogen-bond acceptors (Lipinski definition) is 3. The molecular formula is C14H14FNO2. The average Bonchev–Trinajstić information content (AvgIpc) is 2.41. The largest absolute Gasteiger partial charge is 0.439 e. The molecule has 1 aromatic heterocycles. The Kier molecular flexibility index (Phi) is 3.89. The van der Waals surface area contributed by atoms with Gasteiger partial charge in [0.25, 0.3) is 0 Å². The molecule has 0 spiro atoms. The topological polar surface area (TPSA) is 42.4 Å². The zero-order valence-electron chi connectivity index (χ0n) is 10.1. The lowest BCUT2D eigenvalue weighted by Gasteiger charge is -2.08. The minimum absolute atomic E-state index is 0.0602. The Morgan fingerprint density at radius 1 is 1.22 bits per heavy atom. The zero-order chi connectivity index (χ0) is 13.0. The van der Waals surface area contributed by atoms with Gasteiger partial charge < -0.3 is 9.84 Å². The number of aryl methyl sites for hydroxylation is 1. The van der Waals surface area contributed by atoms with Gasteiger partial charge in [0, 0.05) is 11.8 Å². The lowest BCUT2D eigenvalue weighted by molar-refractivity contribution is 0.281. The Bertz CT molecular complexity index is 504. The molecule has 0 saturated carbocycles. The maximum atomic E-state index is 12.8. The standard InChI is InChI=1S/C14H14FNO2/c1-2-12-7-10(9-17)8-14(16-12)18-13-5-3-11(15)4-6-13/h3-8,17H,2,9H2,1H3. The van der Waals surface area contributed by atoms with Gasteiger partial charge in [-0.15, -0.1) is 0 Å². The van der Waals surface area contributed by atoms with Gasteiger partial charge in [0.2, 0.25) is 5.88 Å². The van der Waals surface area contributed by atoms with E-state index in [0.717, 1.165) is 17.7 Å². The Labute approximate surface area is 105 Å². The fourth-order valence-electron chi connectivity index (χ4n) is 1.57. The first-order valence-corrected chi connectivity index (χ1v) is 5.75. The predicted octanol–water partition coefficient (Wildman–Crippen LogP) is 3.07. The summed E-state index contributed by atoms with van der Waals surface area (Å²) in [5.74, 6) is 0.611. The van der Waals surface area contributed by atoms with Crippen LogP contribution in [0.5, 0.6) is 11.6 Å². The number of nitrogens with zero attached hydrogens (tertiary/aromatic N) is 1. The number of ether oxygens (including phenoxy) is 1. The predicted molar refractivity (Wildman–Crippen MR) is 66.0 cm³/mol. The molecule has 0 saturated heterocycles. The highest BCUT2D eigenvalue weighted by Crippen LogP contribution is 2.21. The number of aliphatic hydroxyl groups excluding tert-OH is 1. The molecule has 0 atom stereocenters. The van der Waals surface area contributed by atoms with Gasteiger partial charge in [-0.2, -0.15) is 0 Å². The van der Waals surface area contributed by atoms with Crippen molar-refractivity contribution >= 4 is 0 Å². The first-order valence-electron chi connectivity index (χ1n) is 5.75. The fraction of sp³-hybridized carbons (Fsp3) is 0.214. The molecule has 0 aliphatic rings. The van der Waals surface area contributed by atoms with E-state index in [1.54, 1.807) is 6.07 Å². The van der Waals surface area contributed by atoms with Crippen LogP contribution in [0, 0.1) is 5.82 Å². The minimum Gasteiger partial charge on any atom is -0.439 e. The van der Waals surface area contributed by atoms with Gasteiger partial charge in [-0.05, 0) is 42.3 Å². The SMILES string of the molecule is CCc1cc(CO)cc(Oc2ccc(F)cc2)n1. The molecule has 1 aromatic carbocycles. The molecule has 2 rings (SSSR count). The molecule has 3 nitrogen and oxygen atoms in total. The third-order valence-electron chi connectivity index (χ3n) is 2.50. The van der Waals surface area contributed by atoms with Crippen molar-refractivity contribution < 1.29 is 14.2 Å². The summed E-state index contributed by atoms with van der Waals surface area (Å²) in [7, 11) is 0. The second-order valence-corrected chi connectivity index (χ2v) is 3.87. The molecule has 0 unspecified atom stereocenters. The second-order valence-electron chi connectivity index (χ2n) is 3.87. The maximum Gasteiger partial charge on any atom is 0.219 e. The maximum absolute atomic E-state index is 12.8. The van der Waals surface area contributed by atoms with E-state index in [4.69, 9.17) is 9.84 Å². The van der Waals surface area contributed by atoms with Crippen LogP contribution in [0.4, 0.5) is 4.39 Å². The van der Waals surface area contributed by atoms with E-state index in [9.17, 15) is 4.39 Å². The Hall–Kier alpha value is -1.94. The van der Waals surface area contributed by atoms with Crippen molar-refractivity contribution in [2.45, 2.75) is 20.0 Å². The molecular weight excluding hydrogens is 233 g/mol. The van der Waals surface area contributed by atoms with Crippen molar-refractivity contribution in [3.63, 3.8) is 0 Å². The molecule has 0 bridgehead atoms. The van der Waals surface area contributed by atoms with Crippen LogP contribution < -0.4 is 4.74 Å². The molecule has 2 aromatic rings. The molecule has 0 aliphatic heterocycles. The molecule has 4 heteroatoms. The van der Waals surface area contributed by atoms with Gasteiger partial charge in [-0.3, -0.25) is 0 Å². The highest BCUT2D eigenvalue weighted by molar-refractivity contribution is 5.30. The van der Waals surface area contributed by atoms with Crippen LogP contribution in [0.2, 0.25) is 0 Å². The van der Waals surface area contributed by atoms with Crippen LogP contribution in [0.15, 0.2) is 36.4 Å². The van der Waals surface area contributed by atoms with Crippen LogP contribution in [0.1, 0.15) is 18.2 Å². The number of aliphatic hydroxyl groups is 1. The first-order chi connectivity index (χ1) is 8.71. The lowest BCUT2D eigenvalue weighted by Crippen LogP contribution is -1.96. The number of rotatable bonds is 4. The van der Waals surface area contributed by atoms with E-state index in [1.165, 1.54) is 24.3 Å². The van der Waals surface area contributed by atoms with Gasteiger partial charge in [0.1, 0.15) is 11.6 Å². The number of aromatic nitrogens is 1. The number of pyridine rings is 1. The highest BCUT2D eigenvalue weighted by Gasteiger charge is 2.04. The summed E-state index contributed by atoms with van der Waals surface area (Å²) in [6.45, 7) is 1.92. The molecule has 1 N–H and O–H groups in total. The first kappa shape index (κ1) is 12.5. The van der Waals surface area contributed by atoms with Crippen molar-refractivity contribution in [3.05, 3.63) is 53.5 Å². The van der Waals surface area contributed by atoms with Crippen LogP contribution in [-0.2, 0) is 13.0 Å². The van der Waals surface area contributed by atoms with Gasteiger partial charge in [-0.1, -0.05) is 6.92 Å². The number of hydrogen-bond donors (Lipinski definition) is 1. The smallest absolute Gasteiger partial charge is 0.219 e. The molecule has 0 fully saturated rings. The van der Waals surface area contributed by atoms with E-state index < -0.39 is 0 Å². The summed E-state index contributed by atoms with van der Waals surface area (Å²) < 4.78 is 18.3. The number of halogens is 1. The van der Waals surface area contributed by atoms with Crippen LogP contribution >= 0.6 is 0 Å². The molecule has 0 amide bonds. The minimum atomic E-state index is -0.311. The Morgan fingerprint density at radius 2 is 1.94 bits per heavy atom. The van der Waals surface area contributed by atoms with Crippen LogP contribution in [-0.4, -0.2) is 10.1 Å². The third kappa shape index (κ3) is 3.05. The van der Waals surface area contributed by atoms with E-state index >= 15 is 0 Å². The van der Waals surface area contributed by atoms with Crippen molar-refractivity contribution in [1.29, 1.82) is 0 Å². The van der Waals surface area contributed by atoms with Gasteiger partial charge in [-0.25, -0.2) is 9.37 Å². The van der Waals surface area contributed by atoms with Gasteiger partial charge in [0.05, 0.1) is 6.61 Å². The average molecular weight is 247 g/mol. The molecule has 18 heavy (non-hydrogen) atoms. The zero-order valence-corrected chi connectivity index (χ0v) is 10.1. The fourth-order valence-corrected chi connectivity index (χ4v) is 1.57. The monoisotopic (exact) mass is 247 g/mol. The highest BCUT2D eigenvalue weighted by atomic mass is 19.1. The Balaban J connectivity index is 2.25. The summed E-state index contributed by atoms with van der Waals surface area (Å²) in [6.07, 6.45) is 0.758. The third-order valence-corrected chi connectivity index (χ3v) is 2.50. The quantitative estimate of drug-likeness (QED) is 0.902. The van der Waals surface area contributed by atoms with Crippen LogP contribution in [0.3, 0.4) is 0 Å². The van der Waals surface area contributed by atoms with Gasteiger partial charge in [0.15, 0.2) is 0 Å². The normalized spacial score (nSPS) is 10.4. The Morgan fingerprint density at radius 3 is 2.56 bits per heavy atom. The van der Waals surface area contributed by atoms with Crippen molar-refractivity contribution in [1.82, 2.24) is 4.98 Å². The molecule has 1 heterocycles. The summed E-state index contributed by atoms with van der Waals surface area (Å²) in [4.78, 5) is 4.29. The van der Waals surface area contributed by atoms with E-state index in [2.05, 4.69) is 4.98 Å². The lowest BCUT2D eigenvalue weighted by atomic mass is 10.2. The summed E-state index contributed by atoms with van der Waals surface area (Å²) in [5.41, 5.74) is 1.60. The van der Waals surface area contributed by atoms with Gasteiger partial charge >= 0.3 is 0 Å². The summed E-state index contributed by atoms with van der Waals surface area (Å²) in [6, 6.07) is 9.22. The van der Waals surface area contributed by atoms with Crippen molar-refractivity contribution in [2.24, 2.45) is 0 Å².